The molecule has 6 heteroatoms. The Hall–Kier alpha value is -3.06. The van der Waals surface area contributed by atoms with Gasteiger partial charge in [0.2, 0.25) is 0 Å². The molecule has 4 rings (SSSR count). The van der Waals surface area contributed by atoms with Gasteiger partial charge in [0.25, 0.3) is 0 Å². The van der Waals surface area contributed by atoms with Gasteiger partial charge in [-0.2, -0.15) is 0 Å². The molecule has 0 fully saturated rings. The monoisotopic (exact) mass is 448 g/mol. The van der Waals surface area contributed by atoms with E-state index in [2.05, 4.69) is 36.3 Å². The molecular weight excluding hydrogens is 416 g/mol. The molecule has 0 aliphatic carbocycles. The second-order valence-corrected chi connectivity index (χ2v) is 8.97. The molecule has 0 bridgehead atoms. The molecule has 0 amide bonds. The Morgan fingerprint density at radius 1 is 0.939 bits per heavy atom. The number of benzene rings is 3. The first-order chi connectivity index (χ1) is 15.9. The highest BCUT2D eigenvalue weighted by atomic mass is 16.5. The van der Waals surface area contributed by atoms with Gasteiger partial charge in [0.1, 0.15) is 30.8 Å². The van der Waals surface area contributed by atoms with Gasteiger partial charge < -0.3 is 30.0 Å². The molecule has 0 unspecified atom stereocenters. The van der Waals surface area contributed by atoms with E-state index >= 15 is 0 Å². The van der Waals surface area contributed by atoms with Crippen molar-refractivity contribution in [1.82, 2.24) is 10.3 Å². The fourth-order valence-electron chi connectivity index (χ4n) is 4.07. The Morgan fingerprint density at radius 3 is 2.48 bits per heavy atom. The maximum absolute atomic E-state index is 10.6. The molecule has 4 N–H and O–H groups in total. The van der Waals surface area contributed by atoms with Crippen LogP contribution in [0.25, 0.3) is 21.8 Å². The Bertz CT molecular complexity index is 1180. The molecule has 0 aliphatic heterocycles. The number of aliphatic hydroxyl groups excluding tert-OH is 2. The zero-order chi connectivity index (χ0) is 23.3. The van der Waals surface area contributed by atoms with Crippen LogP contribution in [-0.2, 0) is 6.42 Å². The fraction of sp³-hybridized carbons (Fsp3) is 0.333. The number of aromatic nitrogens is 1. The van der Waals surface area contributed by atoms with Crippen LogP contribution in [0, 0.1) is 0 Å². The van der Waals surface area contributed by atoms with Crippen molar-refractivity contribution in [3.8, 4) is 11.5 Å². The van der Waals surface area contributed by atoms with Crippen LogP contribution in [0.1, 0.15) is 19.4 Å². The van der Waals surface area contributed by atoms with Crippen molar-refractivity contribution in [2.45, 2.75) is 31.9 Å². The van der Waals surface area contributed by atoms with E-state index < -0.39 is 6.10 Å². The van der Waals surface area contributed by atoms with Crippen LogP contribution in [-0.4, -0.2) is 53.2 Å². The number of β-amino-alcohol motifs (C(OH)–C–C–N with tert-alkyl or cyclic N) is 1. The van der Waals surface area contributed by atoms with E-state index in [-0.39, 0.29) is 18.8 Å². The van der Waals surface area contributed by atoms with Gasteiger partial charge in [0.05, 0.1) is 12.1 Å². The molecule has 0 saturated carbocycles. The number of ether oxygens (including phenoxy) is 2. The smallest absolute Gasteiger partial charge is 0.129 e. The summed E-state index contributed by atoms with van der Waals surface area (Å²) >= 11 is 0. The van der Waals surface area contributed by atoms with Gasteiger partial charge in [-0.25, -0.2) is 0 Å². The van der Waals surface area contributed by atoms with Gasteiger partial charge in [-0.15, -0.1) is 0 Å². The summed E-state index contributed by atoms with van der Waals surface area (Å²) in [6, 6.07) is 22.0. The van der Waals surface area contributed by atoms with Crippen molar-refractivity contribution < 1.29 is 19.7 Å². The lowest BCUT2D eigenvalue weighted by atomic mass is 9.94. The summed E-state index contributed by atoms with van der Waals surface area (Å²) in [5.41, 5.74) is 3.06. The van der Waals surface area contributed by atoms with E-state index in [1.807, 2.05) is 54.6 Å². The predicted molar refractivity (Wildman–Crippen MR) is 132 cm³/mol. The van der Waals surface area contributed by atoms with E-state index in [1.54, 1.807) is 0 Å². The van der Waals surface area contributed by atoms with Gasteiger partial charge in [0.15, 0.2) is 0 Å². The molecule has 4 aromatic rings. The first-order valence-corrected chi connectivity index (χ1v) is 11.3. The molecule has 33 heavy (non-hydrogen) atoms. The lowest BCUT2D eigenvalue weighted by Crippen LogP contribution is -2.46. The zero-order valence-electron chi connectivity index (χ0n) is 19.2. The standard InChI is InChI=1S/C27H32N2O4/c1-27(2,16-19-10-12-21(13-11-19)32-15-14-30)28-17-20(31)18-33-25-9-5-8-24-26(25)22-6-3-4-7-23(22)29-24/h3-13,20,28-31H,14-18H2,1-2H3/t20-/m0/s1. The highest BCUT2D eigenvalue weighted by Crippen LogP contribution is 2.33. The molecule has 0 aliphatic rings. The number of hydrogen-bond donors (Lipinski definition) is 4. The summed E-state index contributed by atoms with van der Waals surface area (Å²) in [6.07, 6.45) is 0.161. The second kappa shape index (κ2) is 10.3. The van der Waals surface area contributed by atoms with Crippen LogP contribution >= 0.6 is 0 Å². The number of rotatable bonds is 11. The number of H-pyrrole nitrogens is 1. The van der Waals surface area contributed by atoms with Crippen molar-refractivity contribution in [2.24, 2.45) is 0 Å². The van der Waals surface area contributed by atoms with Crippen LogP contribution in [0.2, 0.25) is 0 Å². The van der Waals surface area contributed by atoms with E-state index in [4.69, 9.17) is 14.6 Å². The minimum atomic E-state index is -0.640. The normalized spacial score (nSPS) is 12.8. The molecular formula is C27H32N2O4. The van der Waals surface area contributed by atoms with Crippen molar-refractivity contribution in [3.63, 3.8) is 0 Å². The summed E-state index contributed by atoms with van der Waals surface area (Å²) in [7, 11) is 0. The van der Waals surface area contributed by atoms with Crippen LogP contribution in [0.15, 0.2) is 66.7 Å². The van der Waals surface area contributed by atoms with Gasteiger partial charge in [-0.05, 0) is 56.2 Å². The fourth-order valence-corrected chi connectivity index (χ4v) is 4.07. The molecule has 1 heterocycles. The molecule has 0 saturated heterocycles. The Morgan fingerprint density at radius 2 is 1.70 bits per heavy atom. The molecule has 6 nitrogen and oxygen atoms in total. The first-order valence-electron chi connectivity index (χ1n) is 11.3. The number of fused-ring (bicyclic) bond motifs is 3. The summed E-state index contributed by atoms with van der Waals surface area (Å²) in [5, 5.41) is 25.0. The minimum Gasteiger partial charge on any atom is -0.491 e. The maximum atomic E-state index is 10.6. The number of hydrogen-bond acceptors (Lipinski definition) is 5. The van der Waals surface area contributed by atoms with Crippen LogP contribution in [0.3, 0.4) is 0 Å². The summed E-state index contributed by atoms with van der Waals surface area (Å²) in [5.74, 6) is 1.52. The van der Waals surface area contributed by atoms with Crippen molar-refractivity contribution in [2.75, 3.05) is 26.4 Å². The largest absolute Gasteiger partial charge is 0.491 e. The lowest BCUT2D eigenvalue weighted by molar-refractivity contribution is 0.0996. The quantitative estimate of drug-likeness (QED) is 0.278. The average Bonchev–Trinajstić information content (AvgIpc) is 3.20. The Kier molecular flexibility index (Phi) is 7.18. The van der Waals surface area contributed by atoms with E-state index in [1.165, 1.54) is 5.56 Å². The van der Waals surface area contributed by atoms with Crippen molar-refractivity contribution in [1.29, 1.82) is 0 Å². The topological polar surface area (TPSA) is 86.7 Å². The number of para-hydroxylation sites is 1. The first kappa shape index (κ1) is 23.1. The third-order valence-corrected chi connectivity index (χ3v) is 5.67. The maximum Gasteiger partial charge on any atom is 0.129 e. The van der Waals surface area contributed by atoms with Crippen molar-refractivity contribution in [3.05, 3.63) is 72.3 Å². The van der Waals surface area contributed by atoms with Gasteiger partial charge in [-0.3, -0.25) is 0 Å². The SMILES string of the molecule is CC(C)(Cc1ccc(OCCO)cc1)NC[C@H](O)COc1cccc2[nH]c3ccccc3c12. The summed E-state index contributed by atoms with van der Waals surface area (Å²) in [4.78, 5) is 3.41. The second-order valence-electron chi connectivity index (χ2n) is 8.97. The van der Waals surface area contributed by atoms with Crippen molar-refractivity contribution >= 4 is 21.8 Å². The number of aromatic amines is 1. The highest BCUT2D eigenvalue weighted by molar-refractivity contribution is 6.10. The summed E-state index contributed by atoms with van der Waals surface area (Å²) < 4.78 is 11.4. The van der Waals surface area contributed by atoms with Gasteiger partial charge in [-0.1, -0.05) is 36.4 Å². The average molecular weight is 449 g/mol. The van der Waals surface area contributed by atoms with E-state index in [9.17, 15) is 5.11 Å². The van der Waals surface area contributed by atoms with Crippen LogP contribution in [0.5, 0.6) is 11.5 Å². The molecule has 1 atom stereocenters. The Balaban J connectivity index is 1.31. The van der Waals surface area contributed by atoms with Gasteiger partial charge in [0, 0.05) is 28.4 Å². The van der Waals surface area contributed by atoms with Crippen LogP contribution < -0.4 is 14.8 Å². The minimum absolute atomic E-state index is 0.00166. The van der Waals surface area contributed by atoms with Crippen LogP contribution in [0.4, 0.5) is 0 Å². The van der Waals surface area contributed by atoms with Gasteiger partial charge >= 0.3 is 0 Å². The lowest BCUT2D eigenvalue weighted by Gasteiger charge is -2.28. The van der Waals surface area contributed by atoms with E-state index in [0.29, 0.717) is 13.2 Å². The molecule has 0 radical (unpaired) electrons. The third-order valence-electron chi connectivity index (χ3n) is 5.67. The number of nitrogens with one attached hydrogen (secondary N) is 2. The Labute approximate surface area is 194 Å². The zero-order valence-corrected chi connectivity index (χ0v) is 19.2. The van der Waals surface area contributed by atoms with E-state index in [0.717, 1.165) is 39.7 Å². The molecule has 174 valence electrons. The molecule has 1 aromatic heterocycles. The summed E-state index contributed by atoms with van der Waals surface area (Å²) in [6.45, 7) is 5.16. The third kappa shape index (κ3) is 5.85. The predicted octanol–water partition coefficient (Wildman–Crippen LogP) is 4.04. The number of aliphatic hydroxyl groups is 2. The molecule has 3 aromatic carbocycles. The molecule has 0 spiro atoms. The highest BCUT2D eigenvalue weighted by Gasteiger charge is 2.20.